The molecule has 0 aromatic carbocycles. The van der Waals surface area contributed by atoms with E-state index in [9.17, 15) is 13.2 Å². The van der Waals surface area contributed by atoms with E-state index in [1.807, 2.05) is 0 Å². The lowest BCUT2D eigenvalue weighted by molar-refractivity contribution is -0.118. The first-order valence-electron chi connectivity index (χ1n) is 5.37. The van der Waals surface area contributed by atoms with Crippen LogP contribution in [0.25, 0.3) is 0 Å². The van der Waals surface area contributed by atoms with Crippen molar-refractivity contribution >= 4 is 15.9 Å². The third kappa shape index (κ3) is 5.43. The van der Waals surface area contributed by atoms with E-state index in [2.05, 4.69) is 10.6 Å². The molecule has 96 valence electrons. The highest BCUT2D eigenvalue weighted by Crippen LogP contribution is 1.99. The van der Waals surface area contributed by atoms with Crippen LogP contribution < -0.4 is 10.6 Å². The van der Waals surface area contributed by atoms with Gasteiger partial charge in [-0.05, 0) is 7.05 Å². The van der Waals surface area contributed by atoms with Crippen LogP contribution in [0.3, 0.4) is 0 Å². The van der Waals surface area contributed by atoms with Gasteiger partial charge in [0.15, 0.2) is 0 Å². The molecule has 0 saturated heterocycles. The maximum atomic E-state index is 11.7. The molecule has 0 aliphatic heterocycles. The van der Waals surface area contributed by atoms with Crippen LogP contribution in [0.5, 0.6) is 0 Å². The van der Waals surface area contributed by atoms with Crippen molar-refractivity contribution in [3.05, 3.63) is 0 Å². The summed E-state index contributed by atoms with van der Waals surface area (Å²) in [6.45, 7) is 5.34. The van der Waals surface area contributed by atoms with Crippen molar-refractivity contribution in [2.75, 3.05) is 39.0 Å². The SMILES string of the molecule is CCN(CC)S(=O)(=O)CC(=O)NCCNC. The van der Waals surface area contributed by atoms with Crippen LogP contribution in [0, 0.1) is 0 Å². The average Bonchev–Trinajstić information content (AvgIpc) is 2.18. The maximum absolute atomic E-state index is 11.7. The number of nitrogens with one attached hydrogen (secondary N) is 2. The Morgan fingerprint density at radius 2 is 1.75 bits per heavy atom. The van der Waals surface area contributed by atoms with Crippen molar-refractivity contribution in [2.45, 2.75) is 13.8 Å². The lowest BCUT2D eigenvalue weighted by atomic mass is 10.6. The summed E-state index contributed by atoms with van der Waals surface area (Å²) in [7, 11) is -1.70. The van der Waals surface area contributed by atoms with Crippen molar-refractivity contribution in [2.24, 2.45) is 0 Å². The normalized spacial score (nSPS) is 11.8. The van der Waals surface area contributed by atoms with E-state index in [1.54, 1.807) is 20.9 Å². The quantitative estimate of drug-likeness (QED) is 0.542. The fourth-order valence-corrected chi connectivity index (χ4v) is 2.65. The highest BCUT2D eigenvalue weighted by molar-refractivity contribution is 7.89. The van der Waals surface area contributed by atoms with E-state index in [1.165, 1.54) is 4.31 Å². The summed E-state index contributed by atoms with van der Waals surface area (Å²) >= 11 is 0. The largest absolute Gasteiger partial charge is 0.354 e. The molecule has 0 aromatic heterocycles. The summed E-state index contributed by atoms with van der Waals surface area (Å²) in [6, 6.07) is 0. The molecule has 0 atom stereocenters. The Morgan fingerprint density at radius 1 is 1.19 bits per heavy atom. The first-order valence-corrected chi connectivity index (χ1v) is 6.98. The zero-order valence-corrected chi connectivity index (χ0v) is 10.9. The summed E-state index contributed by atoms with van der Waals surface area (Å²) in [4.78, 5) is 11.3. The van der Waals surface area contributed by atoms with Crippen LogP contribution >= 0.6 is 0 Å². The summed E-state index contributed by atoms with van der Waals surface area (Å²) in [6.07, 6.45) is 0. The van der Waals surface area contributed by atoms with Crippen LogP contribution in [0.2, 0.25) is 0 Å². The number of hydrogen-bond donors (Lipinski definition) is 2. The van der Waals surface area contributed by atoms with Gasteiger partial charge in [-0.25, -0.2) is 12.7 Å². The Labute approximate surface area is 97.4 Å². The third-order valence-electron chi connectivity index (χ3n) is 2.11. The van der Waals surface area contributed by atoms with Crippen molar-refractivity contribution in [3.63, 3.8) is 0 Å². The standard InChI is InChI=1S/C9H21N3O3S/c1-4-12(5-2)16(14,15)8-9(13)11-7-6-10-3/h10H,4-8H2,1-3H3,(H,11,13). The topological polar surface area (TPSA) is 78.5 Å². The molecule has 0 heterocycles. The van der Waals surface area contributed by atoms with Crippen LogP contribution in [0.1, 0.15) is 13.8 Å². The molecule has 7 heteroatoms. The zero-order valence-electron chi connectivity index (χ0n) is 10.1. The number of rotatable bonds is 8. The van der Waals surface area contributed by atoms with E-state index in [0.717, 1.165) is 0 Å². The molecule has 1 amide bonds. The number of amides is 1. The number of nitrogens with zero attached hydrogens (tertiary/aromatic N) is 1. The van der Waals surface area contributed by atoms with Gasteiger partial charge in [0.2, 0.25) is 15.9 Å². The fourth-order valence-electron chi connectivity index (χ4n) is 1.25. The molecular weight excluding hydrogens is 230 g/mol. The molecule has 0 bridgehead atoms. The van der Waals surface area contributed by atoms with Crippen molar-refractivity contribution in [1.29, 1.82) is 0 Å². The smallest absolute Gasteiger partial charge is 0.236 e. The van der Waals surface area contributed by atoms with Crippen molar-refractivity contribution in [3.8, 4) is 0 Å². The first-order chi connectivity index (χ1) is 7.47. The van der Waals surface area contributed by atoms with Gasteiger partial charge in [-0.1, -0.05) is 13.8 Å². The van der Waals surface area contributed by atoms with Crippen LogP contribution in [-0.2, 0) is 14.8 Å². The Morgan fingerprint density at radius 3 is 2.19 bits per heavy atom. The minimum Gasteiger partial charge on any atom is -0.354 e. The summed E-state index contributed by atoms with van der Waals surface area (Å²) < 4.78 is 24.7. The molecule has 0 aromatic rings. The lowest BCUT2D eigenvalue weighted by Gasteiger charge is -2.17. The van der Waals surface area contributed by atoms with E-state index in [4.69, 9.17) is 0 Å². The third-order valence-corrected chi connectivity index (χ3v) is 4.04. The molecule has 0 unspecified atom stereocenters. The number of carbonyl (C=O) groups is 1. The Kier molecular flexibility index (Phi) is 7.27. The van der Waals surface area contributed by atoms with Gasteiger partial charge in [0.25, 0.3) is 0 Å². The number of likely N-dealkylation sites (N-methyl/N-ethyl adjacent to an activating group) is 1. The maximum Gasteiger partial charge on any atom is 0.236 e. The van der Waals surface area contributed by atoms with E-state index < -0.39 is 21.7 Å². The van der Waals surface area contributed by atoms with Crippen molar-refractivity contribution in [1.82, 2.24) is 14.9 Å². The van der Waals surface area contributed by atoms with Crippen LogP contribution in [0.15, 0.2) is 0 Å². The predicted molar refractivity (Wildman–Crippen MR) is 63.6 cm³/mol. The molecule has 6 nitrogen and oxygen atoms in total. The van der Waals surface area contributed by atoms with Gasteiger partial charge < -0.3 is 10.6 Å². The van der Waals surface area contributed by atoms with E-state index >= 15 is 0 Å². The minimum atomic E-state index is -3.46. The average molecular weight is 251 g/mol. The number of hydrogen-bond acceptors (Lipinski definition) is 4. The van der Waals surface area contributed by atoms with Gasteiger partial charge in [-0.2, -0.15) is 0 Å². The van der Waals surface area contributed by atoms with Gasteiger partial charge >= 0.3 is 0 Å². The molecule has 0 aliphatic carbocycles. The molecule has 0 radical (unpaired) electrons. The Bertz CT molecular complexity index is 299. The van der Waals surface area contributed by atoms with Gasteiger partial charge in [0.1, 0.15) is 5.75 Å². The van der Waals surface area contributed by atoms with Crippen LogP contribution in [0.4, 0.5) is 0 Å². The minimum absolute atomic E-state index is 0.391. The molecule has 16 heavy (non-hydrogen) atoms. The molecule has 2 N–H and O–H groups in total. The van der Waals surface area contributed by atoms with Gasteiger partial charge in [-0.15, -0.1) is 0 Å². The second-order valence-electron chi connectivity index (χ2n) is 3.29. The monoisotopic (exact) mass is 251 g/mol. The Balaban J connectivity index is 4.20. The summed E-state index contributed by atoms with van der Waals surface area (Å²) in [5.74, 6) is -0.930. The lowest BCUT2D eigenvalue weighted by Crippen LogP contribution is -2.40. The highest BCUT2D eigenvalue weighted by atomic mass is 32.2. The second-order valence-corrected chi connectivity index (χ2v) is 5.26. The predicted octanol–water partition coefficient (Wildman–Crippen LogP) is -1.01. The number of sulfonamides is 1. The first kappa shape index (κ1) is 15.3. The zero-order chi connectivity index (χ0) is 12.6. The van der Waals surface area contributed by atoms with Gasteiger partial charge in [0.05, 0.1) is 0 Å². The molecule has 0 fully saturated rings. The van der Waals surface area contributed by atoms with Crippen LogP contribution in [-0.4, -0.2) is 57.6 Å². The van der Waals surface area contributed by atoms with Gasteiger partial charge in [0, 0.05) is 26.2 Å². The molecule has 0 spiro atoms. The molecule has 0 saturated carbocycles. The summed E-state index contributed by atoms with van der Waals surface area (Å²) in [5, 5.41) is 5.39. The second kappa shape index (κ2) is 7.59. The molecule has 0 aliphatic rings. The Hall–Kier alpha value is -0.660. The fraction of sp³-hybridized carbons (Fsp3) is 0.889. The van der Waals surface area contributed by atoms with E-state index in [0.29, 0.717) is 26.2 Å². The molecular formula is C9H21N3O3S. The summed E-state index contributed by atoms with van der Waals surface area (Å²) in [5.41, 5.74) is 0. The van der Waals surface area contributed by atoms with Crippen molar-refractivity contribution < 1.29 is 13.2 Å². The van der Waals surface area contributed by atoms with E-state index in [-0.39, 0.29) is 0 Å². The molecule has 0 rings (SSSR count). The highest BCUT2D eigenvalue weighted by Gasteiger charge is 2.22. The number of carbonyl (C=O) groups excluding carboxylic acids is 1. The van der Waals surface area contributed by atoms with Gasteiger partial charge in [-0.3, -0.25) is 4.79 Å².